The monoisotopic (exact) mass is 667 g/mol. The lowest BCUT2D eigenvalue weighted by Crippen LogP contribution is -2.57. The Morgan fingerprint density at radius 2 is 1.70 bits per heavy atom. The summed E-state index contributed by atoms with van der Waals surface area (Å²) in [5, 5.41) is 6.41. The number of nitrogens with one attached hydrogen (secondary N) is 3. The molecule has 2 heterocycles. The highest BCUT2D eigenvalue weighted by molar-refractivity contribution is 7.89. The number of sulfonamides is 1. The number of amides is 3. The summed E-state index contributed by atoms with van der Waals surface area (Å²) in [6, 6.07) is 11.8. The van der Waals surface area contributed by atoms with Crippen LogP contribution in [0.5, 0.6) is 5.75 Å². The Kier molecular flexibility index (Phi) is 7.92. The fourth-order valence-electron chi connectivity index (χ4n) is 5.75. The standard InChI is InChI=1S/C29H25Cl3FN3O6S/c1-28(2,26(38)36-43(3,40)41)42-23-9-5-14(30)10-17(23)20-13-24(37)35-25(18-12-16(33)6-8-21(18)32)29(20)19-7-4-15(31)11-22(19)34-27(29)39/h4-12,20,25H,13H2,1-3H3,(H,34,39)(H,35,37)(H,36,38)/t20-,25+,29-/m1/s1. The second-order valence-corrected chi connectivity index (χ2v) is 14.0. The maximum absolute atomic E-state index is 14.6. The molecule has 1 saturated heterocycles. The van der Waals surface area contributed by atoms with Crippen LogP contribution in [-0.4, -0.2) is 38.0 Å². The van der Waals surface area contributed by atoms with Crippen molar-refractivity contribution < 1.29 is 31.9 Å². The second kappa shape index (κ2) is 11.0. The summed E-state index contributed by atoms with van der Waals surface area (Å²) < 4.78 is 46.2. The van der Waals surface area contributed by atoms with Gasteiger partial charge in [-0.25, -0.2) is 17.5 Å². The molecule has 1 fully saturated rings. The predicted octanol–water partition coefficient (Wildman–Crippen LogP) is 5.25. The molecule has 3 amide bonds. The minimum atomic E-state index is -3.91. The summed E-state index contributed by atoms with van der Waals surface area (Å²) in [4.78, 5) is 40.5. The van der Waals surface area contributed by atoms with Crippen molar-refractivity contribution in [2.24, 2.45) is 0 Å². The van der Waals surface area contributed by atoms with Gasteiger partial charge < -0.3 is 15.4 Å². The molecule has 0 aromatic heterocycles. The van der Waals surface area contributed by atoms with Crippen molar-refractivity contribution >= 4 is 68.2 Å². The molecule has 0 saturated carbocycles. The number of carbonyl (C=O) groups excluding carboxylic acids is 3. The second-order valence-electron chi connectivity index (χ2n) is 10.9. The Balaban J connectivity index is 1.76. The molecular weight excluding hydrogens is 644 g/mol. The van der Waals surface area contributed by atoms with E-state index in [4.69, 9.17) is 39.5 Å². The van der Waals surface area contributed by atoms with Crippen LogP contribution in [0.25, 0.3) is 0 Å². The van der Waals surface area contributed by atoms with Crippen LogP contribution in [0.3, 0.4) is 0 Å². The van der Waals surface area contributed by atoms with Crippen LogP contribution >= 0.6 is 34.8 Å². The zero-order valence-corrected chi connectivity index (χ0v) is 26.0. The largest absolute Gasteiger partial charge is 0.478 e. The van der Waals surface area contributed by atoms with Crippen molar-refractivity contribution in [1.29, 1.82) is 0 Å². The summed E-state index contributed by atoms with van der Waals surface area (Å²) >= 11 is 19.3. The summed E-state index contributed by atoms with van der Waals surface area (Å²) in [5.74, 6) is -3.52. The molecule has 3 N–H and O–H groups in total. The van der Waals surface area contributed by atoms with Gasteiger partial charge in [0.2, 0.25) is 21.8 Å². The van der Waals surface area contributed by atoms with Gasteiger partial charge in [-0.05, 0) is 73.5 Å². The number of hydrogen-bond donors (Lipinski definition) is 3. The zero-order chi connectivity index (χ0) is 31.5. The van der Waals surface area contributed by atoms with Crippen LogP contribution in [-0.2, 0) is 29.8 Å². The Labute approximate surface area is 262 Å². The number of piperidine rings is 1. The van der Waals surface area contributed by atoms with Crippen molar-refractivity contribution in [3.05, 3.63) is 92.2 Å². The first-order valence-electron chi connectivity index (χ1n) is 12.9. The van der Waals surface area contributed by atoms with Crippen molar-refractivity contribution in [2.75, 3.05) is 11.6 Å². The number of anilines is 1. The first-order chi connectivity index (χ1) is 20.0. The minimum Gasteiger partial charge on any atom is -0.478 e. The lowest BCUT2D eigenvalue weighted by atomic mass is 9.59. The molecule has 3 aromatic carbocycles. The van der Waals surface area contributed by atoms with E-state index in [-0.39, 0.29) is 33.3 Å². The molecule has 3 atom stereocenters. The van der Waals surface area contributed by atoms with Crippen LogP contribution in [0, 0.1) is 5.82 Å². The molecule has 14 heteroatoms. The van der Waals surface area contributed by atoms with Gasteiger partial charge in [-0.15, -0.1) is 0 Å². The molecule has 0 aliphatic carbocycles. The molecule has 2 aliphatic rings. The molecule has 43 heavy (non-hydrogen) atoms. The fraction of sp³-hybridized carbons (Fsp3) is 0.276. The van der Waals surface area contributed by atoms with Crippen molar-refractivity contribution in [2.45, 2.75) is 43.2 Å². The zero-order valence-electron chi connectivity index (χ0n) is 22.9. The highest BCUT2D eigenvalue weighted by atomic mass is 35.5. The van der Waals surface area contributed by atoms with Crippen LogP contribution in [0.15, 0.2) is 54.6 Å². The molecule has 0 bridgehead atoms. The van der Waals surface area contributed by atoms with Crippen molar-refractivity contribution in [1.82, 2.24) is 10.0 Å². The Bertz CT molecular complexity index is 1800. The number of carbonyl (C=O) groups is 3. The number of rotatable bonds is 6. The van der Waals surface area contributed by atoms with Gasteiger partial charge >= 0.3 is 0 Å². The molecule has 0 unspecified atom stereocenters. The van der Waals surface area contributed by atoms with Crippen molar-refractivity contribution in [3.8, 4) is 5.75 Å². The Morgan fingerprint density at radius 1 is 1.02 bits per heavy atom. The van der Waals surface area contributed by atoms with E-state index in [0.29, 0.717) is 16.3 Å². The van der Waals surface area contributed by atoms with Gasteiger partial charge in [0.05, 0.1) is 12.3 Å². The van der Waals surface area contributed by atoms with E-state index in [1.54, 1.807) is 18.2 Å². The van der Waals surface area contributed by atoms with E-state index in [1.165, 1.54) is 38.1 Å². The van der Waals surface area contributed by atoms with Gasteiger partial charge in [0.15, 0.2) is 5.60 Å². The van der Waals surface area contributed by atoms with Crippen LogP contribution in [0.1, 0.15) is 48.9 Å². The third-order valence-corrected chi connectivity index (χ3v) is 8.93. The topological polar surface area (TPSA) is 131 Å². The maximum Gasteiger partial charge on any atom is 0.277 e. The molecule has 3 aromatic rings. The SMILES string of the molecule is CC(C)(Oc1ccc(Cl)cc1[C@H]1CC(=O)N[C@@H](c2cc(F)ccc2Cl)[C@]12C(=O)Nc1cc(Cl)ccc12)C(=O)NS(C)(=O)=O. The van der Waals surface area contributed by atoms with Gasteiger partial charge in [0.1, 0.15) is 17.0 Å². The lowest BCUT2D eigenvalue weighted by Gasteiger charge is -2.47. The third kappa shape index (κ3) is 5.66. The number of hydrogen-bond acceptors (Lipinski definition) is 6. The fourth-order valence-corrected chi connectivity index (χ4v) is 6.92. The summed E-state index contributed by atoms with van der Waals surface area (Å²) in [5.41, 5.74) is -2.09. The highest BCUT2D eigenvalue weighted by Gasteiger charge is 2.62. The first kappa shape index (κ1) is 31.1. The normalized spacial score (nSPS) is 21.7. The average molecular weight is 669 g/mol. The van der Waals surface area contributed by atoms with Gasteiger partial charge in [-0.2, -0.15) is 0 Å². The molecule has 5 rings (SSSR count). The summed E-state index contributed by atoms with van der Waals surface area (Å²) in [7, 11) is -3.91. The Hall–Kier alpha value is -3.38. The van der Waals surface area contributed by atoms with E-state index in [0.717, 1.165) is 18.4 Å². The van der Waals surface area contributed by atoms with E-state index in [9.17, 15) is 27.2 Å². The van der Waals surface area contributed by atoms with Crippen LogP contribution < -0.4 is 20.1 Å². The average Bonchev–Trinajstić information content (AvgIpc) is 3.17. The minimum absolute atomic E-state index is 0.0661. The van der Waals surface area contributed by atoms with Gasteiger partial charge in [0.25, 0.3) is 5.91 Å². The molecule has 9 nitrogen and oxygen atoms in total. The third-order valence-electron chi connectivity index (χ3n) is 7.56. The van der Waals surface area contributed by atoms with Gasteiger partial charge in [-0.1, -0.05) is 40.9 Å². The van der Waals surface area contributed by atoms with Gasteiger partial charge in [-0.3, -0.25) is 14.4 Å². The maximum atomic E-state index is 14.6. The molecule has 0 radical (unpaired) electrons. The van der Waals surface area contributed by atoms with Crippen LogP contribution in [0.4, 0.5) is 10.1 Å². The van der Waals surface area contributed by atoms with Crippen LogP contribution in [0.2, 0.25) is 15.1 Å². The lowest BCUT2D eigenvalue weighted by molar-refractivity contribution is -0.133. The van der Waals surface area contributed by atoms with Gasteiger partial charge in [0, 0.05) is 38.7 Å². The smallest absolute Gasteiger partial charge is 0.277 e. The highest BCUT2D eigenvalue weighted by Crippen LogP contribution is 2.59. The van der Waals surface area contributed by atoms with E-state index in [1.807, 2.05) is 4.72 Å². The molecule has 226 valence electrons. The number of halogens is 4. The summed E-state index contributed by atoms with van der Waals surface area (Å²) in [6.07, 6.45) is 0.588. The predicted molar refractivity (Wildman–Crippen MR) is 161 cm³/mol. The molecule has 2 aliphatic heterocycles. The molecule has 1 spiro atoms. The van der Waals surface area contributed by atoms with Crippen molar-refractivity contribution in [3.63, 3.8) is 0 Å². The van der Waals surface area contributed by atoms with E-state index < -0.39 is 56.5 Å². The van der Waals surface area contributed by atoms with E-state index >= 15 is 0 Å². The number of benzene rings is 3. The first-order valence-corrected chi connectivity index (χ1v) is 15.9. The summed E-state index contributed by atoms with van der Waals surface area (Å²) in [6.45, 7) is 2.73. The van der Waals surface area contributed by atoms with E-state index in [2.05, 4.69) is 10.6 Å². The quantitative estimate of drug-likeness (QED) is 0.329. The molecular formula is C29H25Cl3FN3O6S. The Morgan fingerprint density at radius 3 is 2.40 bits per heavy atom. The number of fused-ring (bicyclic) bond motifs is 2. The number of ether oxygens (including phenoxy) is 1.